The van der Waals surface area contributed by atoms with Crippen molar-refractivity contribution < 1.29 is 0 Å². The standard InChI is InChI=1S/C14H25N3O/c1-10(8-15-14(4,5)6)9-17-12(3)16-11(2)7-13(17)18/h7,10,15H,8-9H2,1-6H3. The molecule has 1 unspecified atom stereocenters. The highest BCUT2D eigenvalue weighted by Crippen LogP contribution is 2.04. The first-order valence-electron chi connectivity index (χ1n) is 6.49. The summed E-state index contributed by atoms with van der Waals surface area (Å²) in [4.78, 5) is 16.2. The lowest BCUT2D eigenvalue weighted by molar-refractivity contribution is 0.355. The van der Waals surface area contributed by atoms with Gasteiger partial charge in [0.15, 0.2) is 0 Å². The minimum atomic E-state index is 0.0441. The van der Waals surface area contributed by atoms with E-state index in [1.807, 2.05) is 13.8 Å². The van der Waals surface area contributed by atoms with E-state index in [0.29, 0.717) is 12.5 Å². The number of nitrogens with one attached hydrogen (secondary N) is 1. The van der Waals surface area contributed by atoms with Gasteiger partial charge in [-0.25, -0.2) is 4.98 Å². The smallest absolute Gasteiger partial charge is 0.253 e. The van der Waals surface area contributed by atoms with Crippen molar-refractivity contribution in [1.82, 2.24) is 14.9 Å². The number of rotatable bonds is 4. The number of aryl methyl sites for hydroxylation is 2. The summed E-state index contributed by atoms with van der Waals surface area (Å²) in [6, 6.07) is 1.59. The molecule has 0 amide bonds. The molecule has 4 heteroatoms. The summed E-state index contributed by atoms with van der Waals surface area (Å²) < 4.78 is 1.75. The second kappa shape index (κ2) is 5.65. The van der Waals surface area contributed by atoms with Crippen LogP contribution in [-0.4, -0.2) is 21.6 Å². The number of hydrogen-bond acceptors (Lipinski definition) is 3. The zero-order chi connectivity index (χ0) is 13.9. The first kappa shape index (κ1) is 14.9. The molecular weight excluding hydrogens is 226 g/mol. The van der Waals surface area contributed by atoms with Crippen LogP contribution in [0.15, 0.2) is 10.9 Å². The second-order valence-corrected chi connectivity index (χ2v) is 6.13. The van der Waals surface area contributed by atoms with Crippen molar-refractivity contribution in [3.8, 4) is 0 Å². The van der Waals surface area contributed by atoms with E-state index in [1.54, 1.807) is 10.6 Å². The highest BCUT2D eigenvalue weighted by Gasteiger charge is 2.13. The molecule has 1 rings (SSSR count). The van der Waals surface area contributed by atoms with Crippen LogP contribution in [0, 0.1) is 19.8 Å². The Morgan fingerprint density at radius 3 is 2.50 bits per heavy atom. The molecule has 0 aliphatic heterocycles. The van der Waals surface area contributed by atoms with Crippen molar-refractivity contribution in [2.24, 2.45) is 5.92 Å². The van der Waals surface area contributed by atoms with Crippen LogP contribution in [0.2, 0.25) is 0 Å². The third-order valence-corrected chi connectivity index (χ3v) is 2.80. The minimum Gasteiger partial charge on any atom is -0.312 e. The molecule has 1 aromatic rings. The van der Waals surface area contributed by atoms with E-state index in [9.17, 15) is 4.79 Å². The van der Waals surface area contributed by atoms with Gasteiger partial charge in [0.2, 0.25) is 0 Å². The lowest BCUT2D eigenvalue weighted by Crippen LogP contribution is -2.40. The predicted octanol–water partition coefficient (Wildman–Crippen LogP) is 1.88. The zero-order valence-corrected chi connectivity index (χ0v) is 12.4. The Morgan fingerprint density at radius 2 is 2.00 bits per heavy atom. The van der Waals surface area contributed by atoms with Crippen LogP contribution in [-0.2, 0) is 6.54 Å². The van der Waals surface area contributed by atoms with Crippen molar-refractivity contribution in [3.05, 3.63) is 27.9 Å². The Bertz CT molecular complexity index is 457. The summed E-state index contributed by atoms with van der Waals surface area (Å²) in [5.74, 6) is 1.19. The predicted molar refractivity (Wildman–Crippen MR) is 74.9 cm³/mol. The molecule has 1 N–H and O–H groups in total. The van der Waals surface area contributed by atoms with Gasteiger partial charge in [0.05, 0.1) is 0 Å². The van der Waals surface area contributed by atoms with Gasteiger partial charge in [0.25, 0.3) is 5.56 Å². The fourth-order valence-corrected chi connectivity index (χ4v) is 1.84. The topological polar surface area (TPSA) is 46.9 Å². The maximum absolute atomic E-state index is 11.9. The monoisotopic (exact) mass is 251 g/mol. The highest BCUT2D eigenvalue weighted by atomic mass is 16.1. The molecule has 102 valence electrons. The maximum Gasteiger partial charge on any atom is 0.253 e. The lowest BCUT2D eigenvalue weighted by atomic mass is 10.1. The number of nitrogens with zero attached hydrogens (tertiary/aromatic N) is 2. The lowest BCUT2D eigenvalue weighted by Gasteiger charge is -2.24. The molecule has 0 aliphatic carbocycles. The average Bonchev–Trinajstić information content (AvgIpc) is 2.19. The molecule has 0 aromatic carbocycles. The van der Waals surface area contributed by atoms with Crippen LogP contribution in [0.3, 0.4) is 0 Å². The first-order chi connectivity index (χ1) is 8.19. The quantitative estimate of drug-likeness (QED) is 0.889. The van der Waals surface area contributed by atoms with Crippen LogP contribution in [0.4, 0.5) is 0 Å². The second-order valence-electron chi connectivity index (χ2n) is 6.13. The van der Waals surface area contributed by atoms with Gasteiger partial charge in [0, 0.05) is 23.8 Å². The van der Waals surface area contributed by atoms with Crippen molar-refractivity contribution in [2.45, 2.75) is 53.6 Å². The van der Waals surface area contributed by atoms with Gasteiger partial charge in [-0.1, -0.05) is 6.92 Å². The normalized spacial score (nSPS) is 13.7. The molecule has 4 nitrogen and oxygen atoms in total. The summed E-state index contributed by atoms with van der Waals surface area (Å²) in [5, 5.41) is 3.46. The third-order valence-electron chi connectivity index (χ3n) is 2.80. The van der Waals surface area contributed by atoms with Crippen LogP contribution in [0.1, 0.15) is 39.2 Å². The summed E-state index contributed by atoms with van der Waals surface area (Å²) in [6.07, 6.45) is 0. The molecule has 1 heterocycles. The maximum atomic E-state index is 11.9. The summed E-state index contributed by atoms with van der Waals surface area (Å²) in [6.45, 7) is 13.9. The van der Waals surface area contributed by atoms with Crippen molar-refractivity contribution in [3.63, 3.8) is 0 Å². The van der Waals surface area contributed by atoms with Gasteiger partial charge in [0.1, 0.15) is 5.82 Å². The average molecular weight is 251 g/mol. The van der Waals surface area contributed by atoms with E-state index >= 15 is 0 Å². The van der Waals surface area contributed by atoms with Crippen LogP contribution >= 0.6 is 0 Å². The fraction of sp³-hybridized carbons (Fsp3) is 0.714. The number of hydrogen-bond donors (Lipinski definition) is 1. The Labute approximate surface area is 109 Å². The third kappa shape index (κ3) is 4.61. The van der Waals surface area contributed by atoms with E-state index in [-0.39, 0.29) is 11.1 Å². The largest absolute Gasteiger partial charge is 0.312 e. The van der Waals surface area contributed by atoms with Crippen LogP contribution < -0.4 is 10.9 Å². The SMILES string of the molecule is Cc1cc(=O)n(CC(C)CNC(C)(C)C)c(C)n1. The first-order valence-corrected chi connectivity index (χ1v) is 6.49. The van der Waals surface area contributed by atoms with Gasteiger partial charge in [-0.3, -0.25) is 9.36 Å². The van der Waals surface area contributed by atoms with Gasteiger partial charge in [-0.05, 0) is 47.1 Å². The van der Waals surface area contributed by atoms with E-state index in [1.165, 1.54) is 0 Å². The molecule has 0 aliphatic rings. The molecule has 0 spiro atoms. The Kier molecular flexibility index (Phi) is 4.68. The summed E-state index contributed by atoms with van der Waals surface area (Å²) in [7, 11) is 0. The molecule has 0 saturated carbocycles. The van der Waals surface area contributed by atoms with Crippen molar-refractivity contribution in [2.75, 3.05) is 6.54 Å². The molecule has 0 bridgehead atoms. The van der Waals surface area contributed by atoms with Crippen LogP contribution in [0.25, 0.3) is 0 Å². The van der Waals surface area contributed by atoms with Crippen molar-refractivity contribution >= 4 is 0 Å². The van der Waals surface area contributed by atoms with Crippen molar-refractivity contribution in [1.29, 1.82) is 0 Å². The summed E-state index contributed by atoms with van der Waals surface area (Å²) >= 11 is 0. The van der Waals surface area contributed by atoms with Gasteiger partial charge >= 0.3 is 0 Å². The molecule has 0 saturated heterocycles. The van der Waals surface area contributed by atoms with Gasteiger partial charge < -0.3 is 5.32 Å². The fourth-order valence-electron chi connectivity index (χ4n) is 1.84. The Morgan fingerprint density at radius 1 is 1.39 bits per heavy atom. The van der Waals surface area contributed by atoms with E-state index in [2.05, 4.69) is 38.0 Å². The zero-order valence-electron chi connectivity index (χ0n) is 12.4. The van der Waals surface area contributed by atoms with Crippen LogP contribution in [0.5, 0.6) is 0 Å². The van der Waals surface area contributed by atoms with E-state index in [0.717, 1.165) is 18.1 Å². The minimum absolute atomic E-state index is 0.0441. The molecule has 18 heavy (non-hydrogen) atoms. The van der Waals surface area contributed by atoms with Gasteiger partial charge in [-0.2, -0.15) is 0 Å². The molecule has 0 fully saturated rings. The highest BCUT2D eigenvalue weighted by molar-refractivity contribution is 5.01. The Hall–Kier alpha value is -1.16. The molecule has 0 radical (unpaired) electrons. The molecule has 1 atom stereocenters. The number of aromatic nitrogens is 2. The van der Waals surface area contributed by atoms with E-state index in [4.69, 9.17) is 0 Å². The van der Waals surface area contributed by atoms with Gasteiger partial charge in [-0.15, -0.1) is 0 Å². The van der Waals surface area contributed by atoms with E-state index < -0.39 is 0 Å². The molecule has 1 aromatic heterocycles. The Balaban J connectivity index is 2.71. The molecular formula is C14H25N3O. The summed E-state index contributed by atoms with van der Waals surface area (Å²) in [5.41, 5.74) is 0.941.